The highest BCUT2D eigenvalue weighted by atomic mass is 16.5. The van der Waals surface area contributed by atoms with Crippen LogP contribution in [0, 0.1) is 5.92 Å². The second-order valence-electron chi connectivity index (χ2n) is 7.39. The molecule has 26 heavy (non-hydrogen) atoms. The SMILES string of the molecule is COc1ccc(-c2ccn(CC3CCCCC3)n2)c(O[C@H]2CCOC2)c1. The molecule has 5 nitrogen and oxygen atoms in total. The number of rotatable bonds is 6. The van der Waals surface area contributed by atoms with Gasteiger partial charge in [-0.1, -0.05) is 19.3 Å². The molecular formula is C21H28N2O3. The van der Waals surface area contributed by atoms with E-state index in [0.29, 0.717) is 6.61 Å². The molecule has 0 N–H and O–H groups in total. The molecule has 1 aromatic heterocycles. The average Bonchev–Trinajstić information content (AvgIpc) is 3.35. The molecule has 2 fully saturated rings. The molecule has 5 heteroatoms. The highest BCUT2D eigenvalue weighted by molar-refractivity contribution is 5.68. The molecule has 1 saturated carbocycles. The van der Waals surface area contributed by atoms with Crippen molar-refractivity contribution in [2.75, 3.05) is 20.3 Å². The zero-order valence-electron chi connectivity index (χ0n) is 15.5. The zero-order chi connectivity index (χ0) is 17.8. The number of methoxy groups -OCH3 is 1. The van der Waals surface area contributed by atoms with Crippen LogP contribution in [0.4, 0.5) is 0 Å². The van der Waals surface area contributed by atoms with E-state index < -0.39 is 0 Å². The Balaban J connectivity index is 1.54. The molecule has 2 aliphatic rings. The topological polar surface area (TPSA) is 45.5 Å². The number of nitrogens with zero attached hydrogens (tertiary/aromatic N) is 2. The molecular weight excluding hydrogens is 328 g/mol. The third-order valence-electron chi connectivity index (χ3n) is 5.46. The fourth-order valence-electron chi connectivity index (χ4n) is 3.97. The summed E-state index contributed by atoms with van der Waals surface area (Å²) < 4.78 is 19.1. The van der Waals surface area contributed by atoms with Gasteiger partial charge in [-0.3, -0.25) is 4.68 Å². The van der Waals surface area contributed by atoms with E-state index in [9.17, 15) is 0 Å². The van der Waals surface area contributed by atoms with Crippen molar-refractivity contribution in [2.45, 2.75) is 51.2 Å². The number of benzene rings is 1. The molecule has 1 aliphatic heterocycles. The minimum absolute atomic E-state index is 0.102. The fraction of sp³-hybridized carbons (Fsp3) is 0.571. The van der Waals surface area contributed by atoms with Gasteiger partial charge in [-0.25, -0.2) is 0 Å². The monoisotopic (exact) mass is 356 g/mol. The molecule has 0 unspecified atom stereocenters. The van der Waals surface area contributed by atoms with E-state index in [-0.39, 0.29) is 6.10 Å². The predicted molar refractivity (Wildman–Crippen MR) is 101 cm³/mol. The minimum Gasteiger partial charge on any atom is -0.497 e. The third-order valence-corrected chi connectivity index (χ3v) is 5.46. The number of hydrogen-bond donors (Lipinski definition) is 0. The van der Waals surface area contributed by atoms with Gasteiger partial charge in [0.2, 0.25) is 0 Å². The first-order chi connectivity index (χ1) is 12.8. The van der Waals surface area contributed by atoms with Crippen molar-refractivity contribution in [3.8, 4) is 22.8 Å². The maximum atomic E-state index is 6.21. The van der Waals surface area contributed by atoms with Crippen molar-refractivity contribution in [3.63, 3.8) is 0 Å². The van der Waals surface area contributed by atoms with Gasteiger partial charge < -0.3 is 14.2 Å². The van der Waals surface area contributed by atoms with E-state index >= 15 is 0 Å². The second kappa shape index (κ2) is 8.12. The van der Waals surface area contributed by atoms with Gasteiger partial charge in [0.25, 0.3) is 0 Å². The van der Waals surface area contributed by atoms with Crippen LogP contribution in [0.1, 0.15) is 38.5 Å². The van der Waals surface area contributed by atoms with Gasteiger partial charge >= 0.3 is 0 Å². The highest BCUT2D eigenvalue weighted by Gasteiger charge is 2.21. The normalized spacial score (nSPS) is 21.0. The first-order valence-electron chi connectivity index (χ1n) is 9.78. The Morgan fingerprint density at radius 2 is 2.04 bits per heavy atom. The van der Waals surface area contributed by atoms with Crippen LogP contribution < -0.4 is 9.47 Å². The van der Waals surface area contributed by atoms with Crippen LogP contribution in [-0.2, 0) is 11.3 Å². The average molecular weight is 356 g/mol. The van der Waals surface area contributed by atoms with Gasteiger partial charge in [0.05, 0.1) is 26.0 Å². The van der Waals surface area contributed by atoms with Crippen molar-refractivity contribution in [1.29, 1.82) is 0 Å². The van der Waals surface area contributed by atoms with E-state index in [1.165, 1.54) is 32.1 Å². The first kappa shape index (κ1) is 17.4. The molecule has 2 heterocycles. The van der Waals surface area contributed by atoms with Gasteiger partial charge in [-0.15, -0.1) is 0 Å². The lowest BCUT2D eigenvalue weighted by atomic mass is 9.89. The van der Waals surface area contributed by atoms with E-state index in [1.54, 1.807) is 7.11 Å². The van der Waals surface area contributed by atoms with Crippen LogP contribution in [0.2, 0.25) is 0 Å². The van der Waals surface area contributed by atoms with Crippen molar-refractivity contribution >= 4 is 0 Å². The summed E-state index contributed by atoms with van der Waals surface area (Å²) in [5.41, 5.74) is 1.97. The second-order valence-corrected chi connectivity index (χ2v) is 7.39. The number of hydrogen-bond acceptors (Lipinski definition) is 4. The molecule has 0 spiro atoms. The smallest absolute Gasteiger partial charge is 0.133 e. The molecule has 0 radical (unpaired) electrons. The van der Waals surface area contributed by atoms with Crippen LogP contribution in [0.15, 0.2) is 30.5 Å². The van der Waals surface area contributed by atoms with Crippen molar-refractivity contribution in [2.24, 2.45) is 5.92 Å². The molecule has 1 aromatic carbocycles. The van der Waals surface area contributed by atoms with Crippen LogP contribution in [-0.4, -0.2) is 36.2 Å². The standard InChI is InChI=1S/C21H28N2O3/c1-24-17-7-8-19(21(13-17)26-18-10-12-25-15-18)20-9-11-23(22-20)14-16-5-3-2-4-6-16/h7-9,11,13,16,18H,2-6,10,12,14-15H2,1H3/t18-/m0/s1. The van der Waals surface area contributed by atoms with Crippen molar-refractivity contribution in [1.82, 2.24) is 9.78 Å². The van der Waals surface area contributed by atoms with Crippen molar-refractivity contribution < 1.29 is 14.2 Å². The highest BCUT2D eigenvalue weighted by Crippen LogP contribution is 2.34. The maximum absolute atomic E-state index is 6.21. The number of ether oxygens (including phenoxy) is 3. The van der Waals surface area contributed by atoms with Gasteiger partial charge in [0.15, 0.2) is 0 Å². The largest absolute Gasteiger partial charge is 0.497 e. The Bertz CT molecular complexity index is 716. The van der Waals surface area contributed by atoms with E-state index in [0.717, 1.165) is 48.2 Å². The summed E-state index contributed by atoms with van der Waals surface area (Å²) in [5.74, 6) is 2.38. The first-order valence-corrected chi connectivity index (χ1v) is 9.78. The Morgan fingerprint density at radius 1 is 1.15 bits per heavy atom. The Hall–Kier alpha value is -2.01. The lowest BCUT2D eigenvalue weighted by Gasteiger charge is -2.21. The van der Waals surface area contributed by atoms with E-state index in [2.05, 4.69) is 16.9 Å². The predicted octanol–water partition coefficient (Wildman–Crippen LogP) is 4.31. The van der Waals surface area contributed by atoms with Crippen LogP contribution in [0.25, 0.3) is 11.3 Å². The Morgan fingerprint density at radius 3 is 2.81 bits per heavy atom. The molecule has 2 aromatic rings. The lowest BCUT2D eigenvalue weighted by molar-refractivity contribution is 0.141. The van der Waals surface area contributed by atoms with Gasteiger partial charge in [-0.2, -0.15) is 5.10 Å². The molecule has 4 rings (SSSR count). The van der Waals surface area contributed by atoms with Crippen LogP contribution in [0.5, 0.6) is 11.5 Å². The summed E-state index contributed by atoms with van der Waals surface area (Å²) in [5, 5.41) is 4.83. The van der Waals surface area contributed by atoms with Gasteiger partial charge in [0.1, 0.15) is 17.6 Å². The fourth-order valence-corrected chi connectivity index (χ4v) is 3.97. The Labute approximate surface area is 155 Å². The molecule has 1 atom stereocenters. The summed E-state index contributed by atoms with van der Waals surface area (Å²) in [4.78, 5) is 0. The van der Waals surface area contributed by atoms with Gasteiger partial charge in [0, 0.05) is 30.8 Å². The van der Waals surface area contributed by atoms with Crippen LogP contribution in [0.3, 0.4) is 0 Å². The van der Waals surface area contributed by atoms with E-state index in [4.69, 9.17) is 19.3 Å². The summed E-state index contributed by atoms with van der Waals surface area (Å²) in [7, 11) is 1.68. The number of aromatic nitrogens is 2. The molecule has 0 amide bonds. The Kier molecular flexibility index (Phi) is 5.44. The minimum atomic E-state index is 0.102. The molecule has 1 saturated heterocycles. The summed E-state index contributed by atoms with van der Waals surface area (Å²) >= 11 is 0. The lowest BCUT2D eigenvalue weighted by Crippen LogP contribution is -2.16. The molecule has 1 aliphatic carbocycles. The van der Waals surface area contributed by atoms with Crippen LogP contribution >= 0.6 is 0 Å². The quantitative estimate of drug-likeness (QED) is 0.774. The van der Waals surface area contributed by atoms with E-state index in [1.807, 2.05) is 18.2 Å². The molecule has 0 bridgehead atoms. The summed E-state index contributed by atoms with van der Waals surface area (Å²) in [6.07, 6.45) is 9.88. The summed E-state index contributed by atoms with van der Waals surface area (Å²) in [6.45, 7) is 2.43. The zero-order valence-corrected chi connectivity index (χ0v) is 15.5. The third kappa shape index (κ3) is 4.04. The summed E-state index contributed by atoms with van der Waals surface area (Å²) in [6, 6.07) is 8.04. The van der Waals surface area contributed by atoms with Crippen molar-refractivity contribution in [3.05, 3.63) is 30.5 Å². The maximum Gasteiger partial charge on any atom is 0.133 e. The van der Waals surface area contributed by atoms with Gasteiger partial charge in [-0.05, 0) is 37.0 Å². The molecule has 140 valence electrons.